The second-order valence-corrected chi connectivity index (χ2v) is 4.86. The van der Waals surface area contributed by atoms with Gasteiger partial charge in [-0.2, -0.15) is 0 Å². The number of nitrogens with zero attached hydrogens (tertiary/aromatic N) is 2. The lowest BCUT2D eigenvalue weighted by atomic mass is 10.2. The minimum absolute atomic E-state index is 0. The summed E-state index contributed by atoms with van der Waals surface area (Å²) in [5.41, 5.74) is 0.830. The lowest BCUT2D eigenvalue weighted by molar-refractivity contribution is -0.690. The predicted molar refractivity (Wildman–Crippen MR) is 77.2 cm³/mol. The smallest absolute Gasteiger partial charge is 0.261 e. The van der Waals surface area contributed by atoms with Crippen molar-refractivity contribution in [2.24, 2.45) is 0 Å². The van der Waals surface area contributed by atoms with Crippen molar-refractivity contribution in [2.45, 2.75) is 39.3 Å². The van der Waals surface area contributed by atoms with Crippen LogP contribution in [0.1, 0.15) is 26.7 Å². The molecule has 110 valence electrons. The third-order valence-electron chi connectivity index (χ3n) is 3.65. The maximum atomic E-state index is 12.3. The van der Waals surface area contributed by atoms with Crippen molar-refractivity contribution in [1.82, 2.24) is 9.55 Å². The van der Waals surface area contributed by atoms with Gasteiger partial charge >= 0.3 is 0 Å². The van der Waals surface area contributed by atoms with Crippen molar-refractivity contribution in [2.75, 3.05) is 6.54 Å². The van der Waals surface area contributed by atoms with Crippen LogP contribution in [0.3, 0.4) is 0 Å². The lowest BCUT2D eigenvalue weighted by Gasteiger charge is -2.12. The summed E-state index contributed by atoms with van der Waals surface area (Å²) in [5.74, 6) is 0. The van der Waals surface area contributed by atoms with Crippen LogP contribution in [0.2, 0.25) is 0 Å². The van der Waals surface area contributed by atoms with E-state index in [-0.39, 0.29) is 29.5 Å². The van der Waals surface area contributed by atoms with Gasteiger partial charge in [-0.15, -0.1) is 0 Å². The van der Waals surface area contributed by atoms with Crippen LogP contribution < -0.4 is 34.9 Å². The molecule has 0 saturated carbocycles. The molecular weight excluding hydrogens is 365 g/mol. The zero-order valence-corrected chi connectivity index (χ0v) is 14.2. The molecule has 0 atom stereocenters. The molecule has 1 heterocycles. The highest BCUT2D eigenvalue weighted by Crippen LogP contribution is 2.04. The minimum Gasteiger partial charge on any atom is -1.00 e. The van der Waals surface area contributed by atoms with E-state index in [1.54, 1.807) is 10.9 Å². The second-order valence-electron chi connectivity index (χ2n) is 4.86. The zero-order valence-electron chi connectivity index (χ0n) is 12.1. The second kappa shape index (κ2) is 8.36. The van der Waals surface area contributed by atoms with Gasteiger partial charge in [0.05, 0.1) is 36.4 Å². The molecule has 1 aromatic carbocycles. The van der Waals surface area contributed by atoms with Crippen molar-refractivity contribution in [3.05, 3.63) is 40.9 Å². The molecule has 0 aliphatic heterocycles. The van der Waals surface area contributed by atoms with E-state index in [0.29, 0.717) is 18.0 Å². The van der Waals surface area contributed by atoms with Gasteiger partial charge in [0.15, 0.2) is 0 Å². The number of quaternary nitrogens is 1. The van der Waals surface area contributed by atoms with Crippen molar-refractivity contribution in [3.8, 4) is 0 Å². The average molecular weight is 387 g/mol. The molecule has 20 heavy (non-hydrogen) atoms. The number of benzene rings is 1. The Bertz CT molecular complexity index is 593. The van der Waals surface area contributed by atoms with E-state index in [1.807, 2.05) is 24.3 Å². The summed E-state index contributed by atoms with van der Waals surface area (Å²) in [6, 6.07) is 8.15. The van der Waals surface area contributed by atoms with Crippen molar-refractivity contribution >= 4 is 10.9 Å². The highest BCUT2D eigenvalue weighted by molar-refractivity contribution is 5.76. The molecule has 0 fully saturated rings. The summed E-state index contributed by atoms with van der Waals surface area (Å²) in [4.78, 5) is 16.6. The largest absolute Gasteiger partial charge is 1.00 e. The van der Waals surface area contributed by atoms with Gasteiger partial charge in [0.25, 0.3) is 5.56 Å². The van der Waals surface area contributed by atoms with Gasteiger partial charge in [-0.1, -0.05) is 26.0 Å². The van der Waals surface area contributed by atoms with Crippen LogP contribution in [0.4, 0.5) is 0 Å². The monoisotopic (exact) mass is 387 g/mol. The van der Waals surface area contributed by atoms with E-state index in [9.17, 15) is 4.79 Å². The quantitative estimate of drug-likeness (QED) is 0.592. The molecule has 0 amide bonds. The van der Waals surface area contributed by atoms with Crippen molar-refractivity contribution in [3.63, 3.8) is 0 Å². The maximum Gasteiger partial charge on any atom is 0.261 e. The van der Waals surface area contributed by atoms with Crippen molar-refractivity contribution < 1.29 is 29.3 Å². The van der Waals surface area contributed by atoms with E-state index in [4.69, 9.17) is 0 Å². The molecule has 0 radical (unpaired) electrons. The van der Waals surface area contributed by atoms with Crippen LogP contribution in [0.15, 0.2) is 35.4 Å². The van der Waals surface area contributed by atoms with Crippen LogP contribution in [-0.2, 0) is 6.54 Å². The Labute approximate surface area is 136 Å². The normalized spacial score (nSPS) is 10.8. The Morgan fingerprint density at radius 2 is 1.95 bits per heavy atom. The molecular formula is C15H22IN3O. The lowest BCUT2D eigenvalue weighted by Crippen LogP contribution is -3.00. The fourth-order valence-corrected chi connectivity index (χ4v) is 2.34. The Morgan fingerprint density at radius 3 is 2.65 bits per heavy atom. The van der Waals surface area contributed by atoms with Gasteiger partial charge in [0.1, 0.15) is 0 Å². The number of rotatable bonds is 6. The first-order valence-corrected chi connectivity index (χ1v) is 7.03. The third-order valence-corrected chi connectivity index (χ3v) is 3.65. The maximum absolute atomic E-state index is 12.3. The van der Waals surface area contributed by atoms with E-state index >= 15 is 0 Å². The zero-order chi connectivity index (χ0) is 13.7. The van der Waals surface area contributed by atoms with Gasteiger partial charge in [-0.05, 0) is 25.0 Å². The van der Waals surface area contributed by atoms with Crippen LogP contribution in [0.25, 0.3) is 10.9 Å². The summed E-state index contributed by atoms with van der Waals surface area (Å²) in [7, 11) is 0. The van der Waals surface area contributed by atoms with Gasteiger partial charge in [0, 0.05) is 0 Å². The van der Waals surface area contributed by atoms with Gasteiger partial charge in [-0.3, -0.25) is 9.36 Å². The Hall–Kier alpha value is -0.950. The van der Waals surface area contributed by atoms with Crippen LogP contribution in [-0.4, -0.2) is 22.1 Å². The molecule has 0 bridgehead atoms. The van der Waals surface area contributed by atoms with Crippen LogP contribution in [0, 0.1) is 0 Å². The summed E-state index contributed by atoms with van der Waals surface area (Å²) in [6.07, 6.45) is 3.99. The van der Waals surface area contributed by atoms with Crippen LogP contribution in [0.5, 0.6) is 0 Å². The standard InChI is InChI=1S/C15H21N3O.HI/c1-3-12(4-2)16-9-10-18-11-17-14-8-6-5-7-13(14)15(18)19;/h5-8,11-12,16H,3-4,9-10H2,1-2H3;1H. The number of aromatic nitrogens is 2. The fraction of sp³-hybridized carbons (Fsp3) is 0.467. The van der Waals surface area contributed by atoms with E-state index in [1.165, 1.54) is 12.8 Å². The highest BCUT2D eigenvalue weighted by atomic mass is 127. The van der Waals surface area contributed by atoms with Crippen molar-refractivity contribution in [1.29, 1.82) is 0 Å². The summed E-state index contributed by atoms with van der Waals surface area (Å²) >= 11 is 0. The number of fused-ring (bicyclic) bond motifs is 1. The number of hydrogen-bond acceptors (Lipinski definition) is 2. The molecule has 5 heteroatoms. The Balaban J connectivity index is 0.00000200. The molecule has 2 N–H and O–H groups in total. The fourth-order valence-electron chi connectivity index (χ4n) is 2.34. The first-order valence-electron chi connectivity index (χ1n) is 7.03. The van der Waals surface area contributed by atoms with Gasteiger partial charge in [-0.25, -0.2) is 4.98 Å². The van der Waals surface area contributed by atoms with Gasteiger partial charge < -0.3 is 29.3 Å². The summed E-state index contributed by atoms with van der Waals surface area (Å²) < 4.78 is 1.71. The van der Waals surface area contributed by atoms with E-state index in [0.717, 1.165) is 12.1 Å². The predicted octanol–water partition coefficient (Wildman–Crippen LogP) is -1.85. The number of nitrogens with two attached hydrogens (primary N) is 1. The first-order chi connectivity index (χ1) is 9.26. The molecule has 0 aliphatic carbocycles. The number of hydrogen-bond donors (Lipinski definition) is 1. The molecule has 0 unspecified atom stereocenters. The molecule has 0 saturated heterocycles. The minimum atomic E-state index is 0. The summed E-state index contributed by atoms with van der Waals surface area (Å²) in [6.45, 7) is 6.04. The molecule has 0 spiro atoms. The Kier molecular flexibility index (Phi) is 7.15. The molecule has 0 aliphatic rings. The molecule has 2 aromatic rings. The number of halogens is 1. The first kappa shape index (κ1) is 17.1. The molecule has 1 aromatic heterocycles. The SMILES string of the molecule is CCC(CC)[NH2+]CCn1cnc2ccccc2c1=O.[I-]. The molecule has 4 nitrogen and oxygen atoms in total. The molecule has 2 rings (SSSR count). The van der Waals surface area contributed by atoms with E-state index < -0.39 is 0 Å². The number of para-hydroxylation sites is 1. The van der Waals surface area contributed by atoms with Crippen LogP contribution >= 0.6 is 0 Å². The highest BCUT2D eigenvalue weighted by Gasteiger charge is 2.07. The topological polar surface area (TPSA) is 51.5 Å². The van der Waals surface area contributed by atoms with E-state index in [2.05, 4.69) is 24.1 Å². The average Bonchev–Trinajstić information content (AvgIpc) is 2.46. The van der Waals surface area contributed by atoms with Gasteiger partial charge in [0.2, 0.25) is 0 Å². The summed E-state index contributed by atoms with van der Waals surface area (Å²) in [5, 5.41) is 3.02. The Morgan fingerprint density at radius 1 is 1.25 bits per heavy atom. The third kappa shape index (κ3) is 4.02.